The summed E-state index contributed by atoms with van der Waals surface area (Å²) in [6, 6.07) is 2.72. The molecule has 2 heterocycles. The molecule has 1 aromatic heterocycles. The van der Waals surface area contributed by atoms with Gasteiger partial charge in [-0.1, -0.05) is 11.6 Å². The predicted octanol–water partition coefficient (Wildman–Crippen LogP) is 1.91. The molecule has 0 spiro atoms. The van der Waals surface area contributed by atoms with E-state index in [9.17, 15) is 4.79 Å². The van der Waals surface area contributed by atoms with Crippen molar-refractivity contribution in [2.75, 3.05) is 20.1 Å². The van der Waals surface area contributed by atoms with Gasteiger partial charge in [-0.3, -0.25) is 0 Å². The van der Waals surface area contributed by atoms with E-state index in [4.69, 9.17) is 21.4 Å². The van der Waals surface area contributed by atoms with Crippen LogP contribution in [0, 0.1) is 0 Å². The molecule has 1 aromatic rings. The Kier molecular flexibility index (Phi) is 4.04. The highest BCUT2D eigenvalue weighted by atomic mass is 35.5. The third kappa shape index (κ3) is 3.34. The summed E-state index contributed by atoms with van der Waals surface area (Å²) in [5.41, 5.74) is 0.0953. The van der Waals surface area contributed by atoms with Gasteiger partial charge in [0.05, 0.1) is 5.56 Å². The number of hydrogen-bond donors (Lipinski definition) is 1. The van der Waals surface area contributed by atoms with Crippen LogP contribution in [0.25, 0.3) is 0 Å². The van der Waals surface area contributed by atoms with E-state index in [2.05, 4.69) is 16.9 Å². The van der Waals surface area contributed by atoms with Crippen molar-refractivity contribution < 1.29 is 14.6 Å². The van der Waals surface area contributed by atoms with Crippen LogP contribution >= 0.6 is 11.6 Å². The smallest absolute Gasteiger partial charge is 0.335 e. The minimum Gasteiger partial charge on any atom is -0.478 e. The van der Waals surface area contributed by atoms with E-state index >= 15 is 0 Å². The van der Waals surface area contributed by atoms with E-state index in [1.165, 1.54) is 12.1 Å². The Labute approximate surface area is 110 Å². The van der Waals surface area contributed by atoms with Crippen LogP contribution in [-0.4, -0.2) is 47.2 Å². The maximum absolute atomic E-state index is 10.9. The molecule has 0 aromatic carbocycles. The molecule has 98 valence electrons. The van der Waals surface area contributed by atoms with E-state index in [0.717, 1.165) is 25.9 Å². The van der Waals surface area contributed by atoms with Crippen LogP contribution in [0.3, 0.4) is 0 Å². The van der Waals surface area contributed by atoms with Crippen LogP contribution in [-0.2, 0) is 0 Å². The molecule has 1 saturated heterocycles. The van der Waals surface area contributed by atoms with Gasteiger partial charge in [0.15, 0.2) is 0 Å². The molecule has 1 aliphatic rings. The molecule has 18 heavy (non-hydrogen) atoms. The lowest BCUT2D eigenvalue weighted by atomic mass is 10.1. The number of carboxylic acid groups (broad SMARTS) is 1. The van der Waals surface area contributed by atoms with Gasteiger partial charge in [0, 0.05) is 19.2 Å². The zero-order chi connectivity index (χ0) is 13.1. The standard InChI is InChI=1S/C12H15ClN2O3/c1-15-4-2-9(3-5-15)18-11-7-8(12(16)17)6-10(13)14-11/h6-7,9H,2-5H2,1H3,(H,16,17). The van der Waals surface area contributed by atoms with Crippen molar-refractivity contribution in [2.24, 2.45) is 0 Å². The average molecular weight is 271 g/mol. The molecular formula is C12H15ClN2O3. The number of carbonyl (C=O) groups is 1. The van der Waals surface area contributed by atoms with Gasteiger partial charge in [-0.05, 0) is 26.0 Å². The minimum absolute atomic E-state index is 0.0776. The number of likely N-dealkylation sites (tertiary alicyclic amines) is 1. The Morgan fingerprint density at radius 2 is 2.17 bits per heavy atom. The molecule has 1 fully saturated rings. The Morgan fingerprint density at radius 1 is 1.50 bits per heavy atom. The van der Waals surface area contributed by atoms with Crippen molar-refractivity contribution in [2.45, 2.75) is 18.9 Å². The van der Waals surface area contributed by atoms with Gasteiger partial charge in [0.25, 0.3) is 0 Å². The second-order valence-electron chi connectivity index (χ2n) is 4.44. The monoisotopic (exact) mass is 270 g/mol. The topological polar surface area (TPSA) is 62.7 Å². The number of aromatic carboxylic acids is 1. The lowest BCUT2D eigenvalue weighted by Crippen LogP contribution is -2.35. The molecule has 0 radical (unpaired) electrons. The van der Waals surface area contributed by atoms with Crippen LogP contribution < -0.4 is 4.74 Å². The van der Waals surface area contributed by atoms with E-state index in [0.29, 0.717) is 0 Å². The number of nitrogens with zero attached hydrogens (tertiary/aromatic N) is 2. The van der Waals surface area contributed by atoms with Gasteiger partial charge >= 0.3 is 5.97 Å². The van der Waals surface area contributed by atoms with Gasteiger partial charge in [-0.15, -0.1) is 0 Å². The van der Waals surface area contributed by atoms with Crippen molar-refractivity contribution in [3.05, 3.63) is 22.8 Å². The molecule has 0 aliphatic carbocycles. The maximum atomic E-state index is 10.9. The number of rotatable bonds is 3. The number of pyridine rings is 1. The third-order valence-electron chi connectivity index (χ3n) is 2.97. The molecule has 1 N–H and O–H groups in total. The number of piperidine rings is 1. The fourth-order valence-corrected chi connectivity index (χ4v) is 2.13. The van der Waals surface area contributed by atoms with Crippen molar-refractivity contribution >= 4 is 17.6 Å². The molecule has 0 saturated carbocycles. The summed E-state index contributed by atoms with van der Waals surface area (Å²) in [4.78, 5) is 17.1. The van der Waals surface area contributed by atoms with E-state index in [-0.39, 0.29) is 22.7 Å². The van der Waals surface area contributed by atoms with Gasteiger partial charge in [0.2, 0.25) is 5.88 Å². The van der Waals surface area contributed by atoms with E-state index in [1.807, 2.05) is 0 Å². The Hall–Kier alpha value is -1.33. The molecule has 0 unspecified atom stereocenters. The lowest BCUT2D eigenvalue weighted by Gasteiger charge is -2.28. The van der Waals surface area contributed by atoms with Gasteiger partial charge in [-0.2, -0.15) is 0 Å². The Morgan fingerprint density at radius 3 is 2.78 bits per heavy atom. The number of halogens is 1. The fraction of sp³-hybridized carbons (Fsp3) is 0.500. The number of hydrogen-bond acceptors (Lipinski definition) is 4. The normalized spacial score (nSPS) is 17.7. The first kappa shape index (κ1) is 13.1. The van der Waals surface area contributed by atoms with Gasteiger partial charge in [-0.25, -0.2) is 9.78 Å². The van der Waals surface area contributed by atoms with Crippen LogP contribution in [0.5, 0.6) is 5.88 Å². The molecular weight excluding hydrogens is 256 g/mol. The maximum Gasteiger partial charge on any atom is 0.335 e. The van der Waals surface area contributed by atoms with Gasteiger partial charge in [0.1, 0.15) is 11.3 Å². The molecule has 6 heteroatoms. The summed E-state index contributed by atoms with van der Waals surface area (Å²) in [5.74, 6) is -0.748. The van der Waals surface area contributed by atoms with Crippen LogP contribution in [0.4, 0.5) is 0 Å². The Balaban J connectivity index is 2.07. The highest BCUT2D eigenvalue weighted by molar-refractivity contribution is 6.29. The first-order valence-corrected chi connectivity index (χ1v) is 6.18. The minimum atomic E-state index is -1.03. The molecule has 1 aliphatic heterocycles. The summed E-state index contributed by atoms with van der Waals surface area (Å²) >= 11 is 5.77. The van der Waals surface area contributed by atoms with Gasteiger partial charge < -0.3 is 14.7 Å². The highest BCUT2D eigenvalue weighted by Crippen LogP contribution is 2.20. The lowest BCUT2D eigenvalue weighted by molar-refractivity contribution is 0.0694. The SMILES string of the molecule is CN1CCC(Oc2cc(C(=O)O)cc(Cl)n2)CC1. The summed E-state index contributed by atoms with van der Waals surface area (Å²) < 4.78 is 5.69. The van der Waals surface area contributed by atoms with Crippen LogP contribution in [0.2, 0.25) is 5.15 Å². The van der Waals surface area contributed by atoms with Crippen molar-refractivity contribution in [3.63, 3.8) is 0 Å². The van der Waals surface area contributed by atoms with Crippen LogP contribution in [0.15, 0.2) is 12.1 Å². The predicted molar refractivity (Wildman–Crippen MR) is 67.4 cm³/mol. The zero-order valence-corrected chi connectivity index (χ0v) is 10.9. The second kappa shape index (κ2) is 5.54. The molecule has 0 amide bonds. The highest BCUT2D eigenvalue weighted by Gasteiger charge is 2.19. The third-order valence-corrected chi connectivity index (χ3v) is 3.16. The van der Waals surface area contributed by atoms with Crippen molar-refractivity contribution in [3.8, 4) is 5.88 Å². The molecule has 5 nitrogen and oxygen atoms in total. The average Bonchev–Trinajstić information content (AvgIpc) is 2.31. The second-order valence-corrected chi connectivity index (χ2v) is 4.83. The molecule has 0 atom stereocenters. The van der Waals surface area contributed by atoms with Crippen molar-refractivity contribution in [1.29, 1.82) is 0 Å². The van der Waals surface area contributed by atoms with E-state index in [1.54, 1.807) is 0 Å². The van der Waals surface area contributed by atoms with Crippen LogP contribution in [0.1, 0.15) is 23.2 Å². The van der Waals surface area contributed by atoms with E-state index < -0.39 is 5.97 Å². The summed E-state index contributed by atoms with van der Waals surface area (Å²) in [5, 5.41) is 9.06. The first-order chi connectivity index (χ1) is 8.54. The molecule has 2 rings (SSSR count). The number of aromatic nitrogens is 1. The largest absolute Gasteiger partial charge is 0.478 e. The van der Waals surface area contributed by atoms with Crippen molar-refractivity contribution in [1.82, 2.24) is 9.88 Å². The summed E-state index contributed by atoms with van der Waals surface area (Å²) in [7, 11) is 2.07. The summed E-state index contributed by atoms with van der Waals surface area (Å²) in [6.45, 7) is 1.94. The zero-order valence-electron chi connectivity index (χ0n) is 10.1. The number of carboxylic acids is 1. The fourth-order valence-electron chi connectivity index (χ4n) is 1.93. The molecule has 0 bridgehead atoms. The first-order valence-electron chi connectivity index (χ1n) is 5.80. The summed E-state index contributed by atoms with van der Waals surface area (Å²) in [6.07, 6.45) is 1.90. The quantitative estimate of drug-likeness (QED) is 0.850. The Bertz CT molecular complexity index is 445. The number of ether oxygens (including phenoxy) is 1.